The lowest BCUT2D eigenvalue weighted by atomic mass is 9.90. The number of aliphatic carboxylic acids is 1. The number of carbonyl (C=O) groups excluding carboxylic acids is 1. The van der Waals surface area contributed by atoms with E-state index in [1.165, 1.54) is 24.3 Å². The molecule has 1 aromatic rings. The summed E-state index contributed by atoms with van der Waals surface area (Å²) in [5.74, 6) is -1.30. The molecule has 0 saturated heterocycles. The first-order valence-corrected chi connectivity index (χ1v) is 9.62. The molecule has 0 aliphatic heterocycles. The summed E-state index contributed by atoms with van der Waals surface area (Å²) in [6, 6.07) is 5.44. The van der Waals surface area contributed by atoms with Crippen LogP contribution in [0.3, 0.4) is 0 Å². The van der Waals surface area contributed by atoms with Gasteiger partial charge in [0.15, 0.2) is 0 Å². The summed E-state index contributed by atoms with van der Waals surface area (Å²) in [5.41, 5.74) is -0.608. The Balaban J connectivity index is 2.70. The quantitative estimate of drug-likeness (QED) is 0.615. The fourth-order valence-electron chi connectivity index (χ4n) is 1.90. The third-order valence-corrected chi connectivity index (χ3v) is 5.62. The van der Waals surface area contributed by atoms with Crippen LogP contribution in [0, 0.1) is 5.41 Å². The molecule has 8 heteroatoms. The maximum atomic E-state index is 12.2. The second-order valence-corrected chi connectivity index (χ2v) is 8.36. The summed E-state index contributed by atoms with van der Waals surface area (Å²) in [7, 11) is -3.61. The number of benzene rings is 1. The molecule has 25 heavy (non-hydrogen) atoms. The molecular weight excluding hydrogens is 344 g/mol. The number of amides is 1. The van der Waals surface area contributed by atoms with Crippen LogP contribution in [0.2, 0.25) is 0 Å². The molecule has 1 rings (SSSR count). The van der Waals surface area contributed by atoms with Crippen molar-refractivity contribution in [2.75, 3.05) is 6.54 Å². The topological polar surface area (TPSA) is 113 Å². The maximum absolute atomic E-state index is 12.2. The number of hydrogen-bond donors (Lipinski definition) is 3. The Kier molecular flexibility index (Phi) is 7.13. The van der Waals surface area contributed by atoms with E-state index in [1.807, 2.05) is 6.92 Å². The van der Waals surface area contributed by atoms with E-state index in [1.54, 1.807) is 20.8 Å². The zero-order valence-corrected chi connectivity index (χ0v) is 15.8. The Morgan fingerprint density at radius 2 is 1.76 bits per heavy atom. The molecule has 0 saturated carbocycles. The van der Waals surface area contributed by atoms with Gasteiger partial charge >= 0.3 is 5.97 Å². The van der Waals surface area contributed by atoms with Gasteiger partial charge in [-0.15, -0.1) is 0 Å². The molecule has 1 amide bonds. The molecule has 3 N–H and O–H groups in total. The number of sulfonamides is 1. The van der Waals surface area contributed by atoms with Crippen molar-refractivity contribution in [1.82, 2.24) is 10.0 Å². The van der Waals surface area contributed by atoms with Crippen LogP contribution in [0.25, 0.3) is 0 Å². The molecule has 0 radical (unpaired) electrons. The minimum absolute atomic E-state index is 0.0939. The number of carboxylic acid groups (broad SMARTS) is 1. The van der Waals surface area contributed by atoms with Crippen molar-refractivity contribution in [2.24, 2.45) is 5.41 Å². The highest BCUT2D eigenvalue weighted by Crippen LogP contribution is 2.19. The van der Waals surface area contributed by atoms with Crippen molar-refractivity contribution in [1.29, 1.82) is 0 Å². The molecule has 0 aromatic heterocycles. The third-order valence-electron chi connectivity index (χ3n) is 4.01. The zero-order valence-electron chi connectivity index (χ0n) is 15.0. The maximum Gasteiger partial charge on any atom is 0.309 e. The van der Waals surface area contributed by atoms with Crippen LogP contribution in [0.1, 0.15) is 50.9 Å². The highest BCUT2D eigenvalue weighted by Gasteiger charge is 2.26. The van der Waals surface area contributed by atoms with Gasteiger partial charge < -0.3 is 10.4 Å². The van der Waals surface area contributed by atoms with Gasteiger partial charge in [-0.2, -0.15) is 0 Å². The van der Waals surface area contributed by atoms with Crippen molar-refractivity contribution in [2.45, 2.75) is 51.5 Å². The predicted octanol–water partition coefficient (Wildman–Crippen LogP) is 1.99. The van der Waals surface area contributed by atoms with Gasteiger partial charge in [0.05, 0.1) is 10.3 Å². The molecule has 1 atom stereocenters. The van der Waals surface area contributed by atoms with Crippen molar-refractivity contribution in [3.05, 3.63) is 29.8 Å². The SMILES string of the molecule is CCC(C)NS(=O)(=O)c1ccc(C(=O)NCCC(C)(C)C(=O)O)cc1. The van der Waals surface area contributed by atoms with Crippen LogP contribution >= 0.6 is 0 Å². The van der Waals surface area contributed by atoms with Gasteiger partial charge in [-0.25, -0.2) is 13.1 Å². The monoisotopic (exact) mass is 370 g/mol. The number of carboxylic acids is 1. The van der Waals surface area contributed by atoms with Crippen LogP contribution in [0.4, 0.5) is 0 Å². The highest BCUT2D eigenvalue weighted by atomic mass is 32.2. The molecule has 0 spiro atoms. The van der Waals surface area contributed by atoms with Gasteiger partial charge in [-0.3, -0.25) is 9.59 Å². The highest BCUT2D eigenvalue weighted by molar-refractivity contribution is 7.89. The van der Waals surface area contributed by atoms with Crippen LogP contribution in [0.5, 0.6) is 0 Å². The zero-order chi connectivity index (χ0) is 19.3. The lowest BCUT2D eigenvalue weighted by Crippen LogP contribution is -2.32. The fourth-order valence-corrected chi connectivity index (χ4v) is 3.23. The van der Waals surface area contributed by atoms with Gasteiger partial charge in [-0.05, 0) is 57.9 Å². The van der Waals surface area contributed by atoms with Crippen molar-refractivity contribution in [3.63, 3.8) is 0 Å². The van der Waals surface area contributed by atoms with E-state index < -0.39 is 21.4 Å². The van der Waals surface area contributed by atoms with Crippen LogP contribution in [-0.2, 0) is 14.8 Å². The number of nitrogens with one attached hydrogen (secondary N) is 2. The number of hydrogen-bond acceptors (Lipinski definition) is 4. The number of rotatable bonds is 9. The Labute approximate surface area is 148 Å². The minimum atomic E-state index is -3.61. The molecular formula is C17H26N2O5S. The van der Waals surface area contributed by atoms with Crippen molar-refractivity contribution >= 4 is 21.9 Å². The van der Waals surface area contributed by atoms with Crippen LogP contribution in [0.15, 0.2) is 29.2 Å². The van der Waals surface area contributed by atoms with E-state index >= 15 is 0 Å². The van der Waals surface area contributed by atoms with E-state index in [-0.39, 0.29) is 23.4 Å². The Hall–Kier alpha value is -1.93. The van der Waals surface area contributed by atoms with Crippen LogP contribution in [-0.4, -0.2) is 38.0 Å². The largest absolute Gasteiger partial charge is 0.481 e. The summed E-state index contributed by atoms with van der Waals surface area (Å²) in [4.78, 5) is 23.2. The molecule has 0 fully saturated rings. The third kappa shape index (κ3) is 6.13. The normalized spacial score (nSPS) is 13.3. The molecule has 0 aliphatic carbocycles. The summed E-state index contributed by atoms with van der Waals surface area (Å²) < 4.78 is 26.9. The molecule has 1 aromatic carbocycles. The molecule has 7 nitrogen and oxygen atoms in total. The van der Waals surface area contributed by atoms with Gasteiger partial charge in [-0.1, -0.05) is 6.92 Å². The average molecular weight is 370 g/mol. The summed E-state index contributed by atoms with van der Waals surface area (Å²) in [6.45, 7) is 7.05. The Bertz CT molecular complexity index is 711. The lowest BCUT2D eigenvalue weighted by molar-refractivity contribution is -0.147. The summed E-state index contributed by atoms with van der Waals surface area (Å²) >= 11 is 0. The number of carbonyl (C=O) groups is 2. The molecule has 0 aliphatic rings. The Morgan fingerprint density at radius 3 is 2.24 bits per heavy atom. The van der Waals surface area contributed by atoms with Crippen molar-refractivity contribution < 1.29 is 23.1 Å². The fraction of sp³-hybridized carbons (Fsp3) is 0.529. The second-order valence-electron chi connectivity index (χ2n) is 6.65. The average Bonchev–Trinajstić information content (AvgIpc) is 2.54. The van der Waals surface area contributed by atoms with Gasteiger partial charge in [0.2, 0.25) is 10.0 Å². The molecule has 0 bridgehead atoms. The first-order valence-electron chi connectivity index (χ1n) is 8.13. The van der Waals surface area contributed by atoms with Gasteiger partial charge in [0, 0.05) is 18.2 Å². The summed E-state index contributed by atoms with van der Waals surface area (Å²) in [6.07, 6.45) is 0.964. The predicted molar refractivity (Wildman–Crippen MR) is 94.9 cm³/mol. The van der Waals surface area contributed by atoms with E-state index in [2.05, 4.69) is 10.0 Å². The van der Waals surface area contributed by atoms with Crippen LogP contribution < -0.4 is 10.0 Å². The molecule has 140 valence electrons. The second kappa shape index (κ2) is 8.44. The van der Waals surface area contributed by atoms with Crippen molar-refractivity contribution in [3.8, 4) is 0 Å². The van der Waals surface area contributed by atoms with E-state index in [0.717, 1.165) is 0 Å². The Morgan fingerprint density at radius 1 is 1.20 bits per heavy atom. The first-order chi connectivity index (χ1) is 11.5. The van der Waals surface area contributed by atoms with Gasteiger partial charge in [0.25, 0.3) is 5.91 Å². The van der Waals surface area contributed by atoms with E-state index in [0.29, 0.717) is 18.4 Å². The summed E-state index contributed by atoms with van der Waals surface area (Å²) in [5, 5.41) is 11.7. The smallest absolute Gasteiger partial charge is 0.309 e. The first kappa shape index (κ1) is 21.1. The molecule has 1 unspecified atom stereocenters. The van der Waals surface area contributed by atoms with Gasteiger partial charge in [0.1, 0.15) is 0 Å². The molecule has 0 heterocycles. The van der Waals surface area contributed by atoms with E-state index in [4.69, 9.17) is 5.11 Å². The van der Waals surface area contributed by atoms with E-state index in [9.17, 15) is 18.0 Å². The minimum Gasteiger partial charge on any atom is -0.481 e. The lowest BCUT2D eigenvalue weighted by Gasteiger charge is -2.18. The standard InChI is InChI=1S/C17H26N2O5S/c1-5-12(2)19-25(23,24)14-8-6-13(7-9-14)15(20)18-11-10-17(3,4)16(21)22/h6-9,12,19H,5,10-11H2,1-4H3,(H,18,20)(H,21,22).